The second-order valence-electron chi connectivity index (χ2n) is 6.68. The van der Waals surface area contributed by atoms with Gasteiger partial charge in [0, 0.05) is 0 Å². The van der Waals surface area contributed by atoms with Crippen LogP contribution in [0.3, 0.4) is 0 Å². The number of hydrogen-bond acceptors (Lipinski definition) is 1. The lowest BCUT2D eigenvalue weighted by Gasteiger charge is -2.01. The third-order valence-electron chi connectivity index (χ3n) is 4.62. The number of unbranched alkanes of at least 4 members (excludes halogenated alkanes) is 11. The van der Waals surface area contributed by atoms with Crippen molar-refractivity contribution in [1.82, 2.24) is 0 Å². The Morgan fingerprint density at radius 3 is 1.30 bits per heavy atom. The Bertz CT molecular complexity index is 202. The van der Waals surface area contributed by atoms with Crippen molar-refractivity contribution in [3.8, 4) is 0 Å². The highest BCUT2D eigenvalue weighted by molar-refractivity contribution is 4.84. The van der Waals surface area contributed by atoms with Gasteiger partial charge in [-0.05, 0) is 12.8 Å². The normalized spacial score (nSPS) is 21.3. The standard InChI is InChI=1S/C19H38O/c1-3-5-7-9-10-11-12-13-15-17-19-18(20-19)16-14-8-6-4-2/h18-19H,3-17H2,1-2H3/t18-,19+/m1/s1. The van der Waals surface area contributed by atoms with Crippen LogP contribution in [0.5, 0.6) is 0 Å². The molecule has 0 amide bonds. The SMILES string of the molecule is CCCCCCCCCCC[C@@H]1O[C@@H]1CCCCCC. The highest BCUT2D eigenvalue weighted by Gasteiger charge is 2.36. The molecule has 1 nitrogen and oxygen atoms in total. The van der Waals surface area contributed by atoms with E-state index in [1.165, 1.54) is 96.3 Å². The van der Waals surface area contributed by atoms with Crippen molar-refractivity contribution in [3.05, 3.63) is 0 Å². The molecular weight excluding hydrogens is 244 g/mol. The average molecular weight is 283 g/mol. The monoisotopic (exact) mass is 282 g/mol. The van der Waals surface area contributed by atoms with Crippen LogP contribution < -0.4 is 0 Å². The molecule has 0 spiro atoms. The van der Waals surface area contributed by atoms with Crippen LogP contribution >= 0.6 is 0 Å². The minimum absolute atomic E-state index is 0.640. The highest BCUT2D eigenvalue weighted by atomic mass is 16.6. The first-order valence-corrected chi connectivity index (χ1v) is 9.54. The smallest absolute Gasteiger partial charge is 0.0841 e. The number of rotatable bonds is 15. The molecule has 0 bridgehead atoms. The number of epoxide rings is 1. The van der Waals surface area contributed by atoms with Crippen LogP contribution in [0.1, 0.15) is 110 Å². The third-order valence-corrected chi connectivity index (χ3v) is 4.62. The fourth-order valence-electron chi connectivity index (χ4n) is 3.12. The molecule has 0 aromatic carbocycles. The molecule has 1 rings (SSSR count). The summed E-state index contributed by atoms with van der Waals surface area (Å²) in [5, 5.41) is 0. The lowest BCUT2D eigenvalue weighted by molar-refractivity contribution is 0.348. The quantitative estimate of drug-likeness (QED) is 0.242. The van der Waals surface area contributed by atoms with Gasteiger partial charge in [-0.1, -0.05) is 97.3 Å². The van der Waals surface area contributed by atoms with Gasteiger partial charge in [0.1, 0.15) is 0 Å². The van der Waals surface area contributed by atoms with Crippen molar-refractivity contribution in [3.63, 3.8) is 0 Å². The molecule has 0 aromatic heterocycles. The summed E-state index contributed by atoms with van der Waals surface area (Å²) in [6, 6.07) is 0. The summed E-state index contributed by atoms with van der Waals surface area (Å²) in [6.45, 7) is 4.57. The van der Waals surface area contributed by atoms with Crippen LogP contribution in [0.25, 0.3) is 0 Å². The molecule has 0 aliphatic carbocycles. The molecule has 1 heteroatoms. The van der Waals surface area contributed by atoms with Gasteiger partial charge in [0.05, 0.1) is 12.2 Å². The lowest BCUT2D eigenvalue weighted by atomic mass is 10.0. The molecule has 20 heavy (non-hydrogen) atoms. The first kappa shape index (κ1) is 18.0. The lowest BCUT2D eigenvalue weighted by Crippen LogP contribution is -1.94. The number of hydrogen-bond donors (Lipinski definition) is 0. The molecule has 1 fully saturated rings. The van der Waals surface area contributed by atoms with Crippen LogP contribution in [0.2, 0.25) is 0 Å². The molecule has 1 heterocycles. The summed E-state index contributed by atoms with van der Waals surface area (Å²) < 4.78 is 5.77. The van der Waals surface area contributed by atoms with E-state index in [9.17, 15) is 0 Å². The molecule has 0 aromatic rings. The molecule has 0 saturated carbocycles. The maximum Gasteiger partial charge on any atom is 0.0841 e. The van der Waals surface area contributed by atoms with E-state index >= 15 is 0 Å². The van der Waals surface area contributed by atoms with Gasteiger partial charge in [-0.15, -0.1) is 0 Å². The van der Waals surface area contributed by atoms with Gasteiger partial charge in [-0.25, -0.2) is 0 Å². The van der Waals surface area contributed by atoms with Crippen molar-refractivity contribution < 1.29 is 4.74 Å². The van der Waals surface area contributed by atoms with Crippen LogP contribution in [-0.2, 0) is 4.74 Å². The summed E-state index contributed by atoms with van der Waals surface area (Å²) in [5.74, 6) is 0. The van der Waals surface area contributed by atoms with Gasteiger partial charge >= 0.3 is 0 Å². The average Bonchev–Trinajstić information content (AvgIpc) is 3.20. The van der Waals surface area contributed by atoms with E-state index in [2.05, 4.69) is 13.8 Å². The van der Waals surface area contributed by atoms with Crippen molar-refractivity contribution >= 4 is 0 Å². The summed E-state index contributed by atoms with van der Waals surface area (Å²) in [5.41, 5.74) is 0. The van der Waals surface area contributed by atoms with Gasteiger partial charge in [0.25, 0.3) is 0 Å². The van der Waals surface area contributed by atoms with Crippen molar-refractivity contribution in [2.75, 3.05) is 0 Å². The van der Waals surface area contributed by atoms with E-state index in [0.29, 0.717) is 12.2 Å². The van der Waals surface area contributed by atoms with Gasteiger partial charge in [0.15, 0.2) is 0 Å². The van der Waals surface area contributed by atoms with Gasteiger partial charge in [0.2, 0.25) is 0 Å². The molecule has 1 saturated heterocycles. The maximum absolute atomic E-state index is 5.77. The first-order valence-electron chi connectivity index (χ1n) is 9.54. The zero-order valence-electron chi connectivity index (χ0n) is 14.2. The summed E-state index contributed by atoms with van der Waals surface area (Å²) in [7, 11) is 0. The molecular formula is C19H38O. The van der Waals surface area contributed by atoms with E-state index in [1.54, 1.807) is 0 Å². The molecule has 2 atom stereocenters. The Kier molecular flexibility index (Phi) is 11.4. The van der Waals surface area contributed by atoms with Crippen molar-refractivity contribution in [2.45, 2.75) is 122 Å². The third kappa shape index (κ3) is 9.80. The highest BCUT2D eigenvalue weighted by Crippen LogP contribution is 2.31. The first-order chi connectivity index (χ1) is 9.88. The Morgan fingerprint density at radius 1 is 0.500 bits per heavy atom. The minimum Gasteiger partial charge on any atom is -0.370 e. The van der Waals surface area contributed by atoms with E-state index in [1.807, 2.05) is 0 Å². The second-order valence-corrected chi connectivity index (χ2v) is 6.68. The van der Waals surface area contributed by atoms with Crippen LogP contribution in [0, 0.1) is 0 Å². The van der Waals surface area contributed by atoms with E-state index in [0.717, 1.165) is 0 Å². The fraction of sp³-hybridized carbons (Fsp3) is 1.00. The van der Waals surface area contributed by atoms with Gasteiger partial charge in [-0.3, -0.25) is 0 Å². The van der Waals surface area contributed by atoms with Crippen LogP contribution in [0.4, 0.5) is 0 Å². The Hall–Kier alpha value is -0.0400. The van der Waals surface area contributed by atoms with E-state index in [-0.39, 0.29) is 0 Å². The predicted molar refractivity (Wildman–Crippen MR) is 89.3 cm³/mol. The Morgan fingerprint density at radius 2 is 0.850 bits per heavy atom. The fourth-order valence-corrected chi connectivity index (χ4v) is 3.12. The molecule has 0 N–H and O–H groups in total. The Balaban J connectivity index is 1.73. The number of ether oxygens (including phenoxy) is 1. The van der Waals surface area contributed by atoms with Crippen molar-refractivity contribution in [1.29, 1.82) is 0 Å². The zero-order chi connectivity index (χ0) is 14.5. The van der Waals surface area contributed by atoms with Crippen LogP contribution in [0.15, 0.2) is 0 Å². The summed E-state index contributed by atoms with van der Waals surface area (Å²) in [4.78, 5) is 0. The Labute approximate surface area is 127 Å². The van der Waals surface area contributed by atoms with Crippen molar-refractivity contribution in [2.24, 2.45) is 0 Å². The van der Waals surface area contributed by atoms with E-state index in [4.69, 9.17) is 4.74 Å². The summed E-state index contributed by atoms with van der Waals surface area (Å²) >= 11 is 0. The molecule has 0 unspecified atom stereocenters. The molecule has 120 valence electrons. The second kappa shape index (κ2) is 12.7. The molecule has 1 aliphatic rings. The summed E-state index contributed by atoms with van der Waals surface area (Å²) in [6.07, 6.45) is 22.3. The van der Waals surface area contributed by atoms with E-state index < -0.39 is 0 Å². The van der Waals surface area contributed by atoms with Gasteiger partial charge in [-0.2, -0.15) is 0 Å². The molecule has 0 radical (unpaired) electrons. The largest absolute Gasteiger partial charge is 0.370 e. The molecule has 1 aliphatic heterocycles. The minimum atomic E-state index is 0.640. The van der Waals surface area contributed by atoms with Crippen LogP contribution in [-0.4, -0.2) is 12.2 Å². The zero-order valence-corrected chi connectivity index (χ0v) is 14.2. The maximum atomic E-state index is 5.77. The van der Waals surface area contributed by atoms with Gasteiger partial charge < -0.3 is 4.74 Å². The topological polar surface area (TPSA) is 12.5 Å². The predicted octanol–water partition coefficient (Wildman–Crippen LogP) is 6.65.